The molecule has 2 aromatic heterocycles. The molecule has 0 atom stereocenters. The van der Waals surface area contributed by atoms with Gasteiger partial charge in [0.25, 0.3) is 0 Å². The van der Waals surface area contributed by atoms with Gasteiger partial charge in [-0.25, -0.2) is 4.98 Å². The zero-order chi connectivity index (χ0) is 18.2. The maximum atomic E-state index is 4.66. The number of benzene rings is 1. The number of H-pyrrole nitrogens is 1. The molecule has 26 heavy (non-hydrogen) atoms. The van der Waals surface area contributed by atoms with Crippen molar-refractivity contribution in [2.24, 2.45) is 4.99 Å². The summed E-state index contributed by atoms with van der Waals surface area (Å²) in [7, 11) is 0. The van der Waals surface area contributed by atoms with Crippen molar-refractivity contribution in [1.82, 2.24) is 25.2 Å². The molecule has 0 radical (unpaired) electrons. The number of aromatic nitrogens is 3. The molecular weight excluding hydrogens is 324 g/mol. The molecule has 2 heterocycles. The number of hydrogen-bond donors (Lipinski definition) is 3. The Kier molecular flexibility index (Phi) is 6.30. The Balaban J connectivity index is 1.48. The van der Waals surface area contributed by atoms with Crippen molar-refractivity contribution in [2.75, 3.05) is 19.6 Å². The zero-order valence-electron chi connectivity index (χ0n) is 15.6. The number of nitrogens with zero attached hydrogens (tertiary/aromatic N) is 3. The fourth-order valence-electron chi connectivity index (χ4n) is 3.03. The zero-order valence-corrected chi connectivity index (χ0v) is 15.6. The van der Waals surface area contributed by atoms with Crippen LogP contribution in [0.3, 0.4) is 0 Å². The van der Waals surface area contributed by atoms with Crippen molar-refractivity contribution in [3.8, 4) is 0 Å². The number of hydrogen-bond acceptors (Lipinski definition) is 2. The average molecular weight is 352 g/mol. The SMILES string of the molecule is CCNC(=NCCCn1ccnc1)NCCc1c[nH]c2cc(C)ccc12. The minimum Gasteiger partial charge on any atom is -0.361 e. The van der Waals surface area contributed by atoms with Gasteiger partial charge in [0.1, 0.15) is 0 Å². The first-order valence-corrected chi connectivity index (χ1v) is 9.31. The minimum absolute atomic E-state index is 0.792. The molecule has 0 unspecified atom stereocenters. The standard InChI is InChI=1S/C20H28N6/c1-3-22-20(23-8-4-11-26-12-10-21-15-26)24-9-7-17-14-25-19-13-16(2)5-6-18(17)19/h5-6,10,12-15,25H,3-4,7-9,11H2,1-2H3,(H2,22,23,24). The molecule has 3 N–H and O–H groups in total. The fourth-order valence-corrected chi connectivity index (χ4v) is 3.03. The van der Waals surface area contributed by atoms with Gasteiger partial charge in [-0.2, -0.15) is 0 Å². The van der Waals surface area contributed by atoms with Crippen LogP contribution in [0.5, 0.6) is 0 Å². The summed E-state index contributed by atoms with van der Waals surface area (Å²) in [6.07, 6.45) is 9.70. The van der Waals surface area contributed by atoms with Gasteiger partial charge in [-0.05, 0) is 43.9 Å². The van der Waals surface area contributed by atoms with E-state index in [-0.39, 0.29) is 0 Å². The summed E-state index contributed by atoms with van der Waals surface area (Å²) >= 11 is 0. The second-order valence-electron chi connectivity index (χ2n) is 6.45. The largest absolute Gasteiger partial charge is 0.361 e. The first-order valence-electron chi connectivity index (χ1n) is 9.31. The highest BCUT2D eigenvalue weighted by molar-refractivity contribution is 5.84. The second-order valence-corrected chi connectivity index (χ2v) is 6.45. The lowest BCUT2D eigenvalue weighted by Crippen LogP contribution is -2.38. The highest BCUT2D eigenvalue weighted by atomic mass is 15.2. The van der Waals surface area contributed by atoms with Crippen LogP contribution < -0.4 is 10.6 Å². The Labute approximate surface area is 154 Å². The van der Waals surface area contributed by atoms with Crippen LogP contribution in [0.2, 0.25) is 0 Å². The van der Waals surface area contributed by atoms with Gasteiger partial charge in [0.15, 0.2) is 5.96 Å². The number of aliphatic imine (C=N–C) groups is 1. The Morgan fingerprint density at radius 1 is 1.31 bits per heavy atom. The van der Waals surface area contributed by atoms with Crippen LogP contribution in [0.15, 0.2) is 48.1 Å². The Morgan fingerprint density at radius 2 is 2.23 bits per heavy atom. The molecule has 0 amide bonds. The maximum absolute atomic E-state index is 4.66. The summed E-state index contributed by atoms with van der Waals surface area (Å²) in [4.78, 5) is 12.1. The second kappa shape index (κ2) is 9.08. The van der Waals surface area contributed by atoms with E-state index in [1.54, 1.807) is 6.20 Å². The van der Waals surface area contributed by atoms with Crippen molar-refractivity contribution in [3.63, 3.8) is 0 Å². The van der Waals surface area contributed by atoms with E-state index in [0.29, 0.717) is 0 Å². The van der Waals surface area contributed by atoms with E-state index in [9.17, 15) is 0 Å². The number of aromatic amines is 1. The number of guanidine groups is 1. The predicted molar refractivity (Wildman–Crippen MR) is 108 cm³/mol. The lowest BCUT2D eigenvalue weighted by atomic mass is 10.1. The molecule has 0 aliphatic rings. The Morgan fingerprint density at radius 3 is 3.04 bits per heavy atom. The van der Waals surface area contributed by atoms with Gasteiger partial charge in [0.2, 0.25) is 0 Å². The third-order valence-electron chi connectivity index (χ3n) is 4.36. The summed E-state index contributed by atoms with van der Waals surface area (Å²) in [5.74, 6) is 0.883. The number of rotatable bonds is 8. The molecule has 3 rings (SSSR count). The third kappa shape index (κ3) is 4.88. The molecular formula is C20H28N6. The lowest BCUT2D eigenvalue weighted by Gasteiger charge is -2.11. The van der Waals surface area contributed by atoms with Gasteiger partial charge >= 0.3 is 0 Å². The Bertz CT molecular complexity index is 831. The van der Waals surface area contributed by atoms with Crippen LogP contribution in [0.1, 0.15) is 24.5 Å². The molecule has 1 aromatic carbocycles. The van der Waals surface area contributed by atoms with Crippen LogP contribution in [0, 0.1) is 6.92 Å². The average Bonchev–Trinajstić information content (AvgIpc) is 3.28. The topological polar surface area (TPSA) is 70.0 Å². The number of fused-ring (bicyclic) bond motifs is 1. The van der Waals surface area contributed by atoms with E-state index in [1.165, 1.54) is 22.0 Å². The monoisotopic (exact) mass is 352 g/mol. The molecule has 0 saturated heterocycles. The molecule has 0 spiro atoms. The van der Waals surface area contributed by atoms with Crippen molar-refractivity contribution in [2.45, 2.75) is 33.2 Å². The normalized spacial score (nSPS) is 11.8. The highest BCUT2D eigenvalue weighted by Crippen LogP contribution is 2.19. The van der Waals surface area contributed by atoms with Crippen molar-refractivity contribution < 1.29 is 0 Å². The van der Waals surface area contributed by atoms with Gasteiger partial charge in [0.05, 0.1) is 6.33 Å². The molecule has 138 valence electrons. The predicted octanol–water partition coefficient (Wildman–Crippen LogP) is 2.86. The molecule has 0 bridgehead atoms. The fraction of sp³-hybridized carbons (Fsp3) is 0.400. The van der Waals surface area contributed by atoms with E-state index >= 15 is 0 Å². The van der Waals surface area contributed by atoms with E-state index in [1.807, 2.05) is 12.5 Å². The molecule has 0 fully saturated rings. The Hall–Kier alpha value is -2.76. The molecule has 6 nitrogen and oxygen atoms in total. The van der Waals surface area contributed by atoms with E-state index in [0.717, 1.165) is 45.0 Å². The summed E-state index contributed by atoms with van der Waals surface area (Å²) in [6, 6.07) is 6.56. The quantitative estimate of drug-likeness (QED) is 0.332. The van der Waals surface area contributed by atoms with Gasteiger partial charge in [0, 0.05) is 55.7 Å². The van der Waals surface area contributed by atoms with Crippen molar-refractivity contribution in [1.29, 1.82) is 0 Å². The summed E-state index contributed by atoms with van der Waals surface area (Å²) in [5.41, 5.74) is 3.82. The van der Waals surface area contributed by atoms with Crippen LogP contribution in [-0.2, 0) is 13.0 Å². The van der Waals surface area contributed by atoms with Gasteiger partial charge in [-0.15, -0.1) is 0 Å². The van der Waals surface area contributed by atoms with Gasteiger partial charge in [-0.1, -0.05) is 12.1 Å². The van der Waals surface area contributed by atoms with Gasteiger partial charge in [-0.3, -0.25) is 4.99 Å². The first-order chi connectivity index (χ1) is 12.8. The van der Waals surface area contributed by atoms with E-state index in [2.05, 4.69) is 68.4 Å². The highest BCUT2D eigenvalue weighted by Gasteiger charge is 2.04. The molecule has 0 aliphatic carbocycles. The lowest BCUT2D eigenvalue weighted by molar-refractivity contribution is 0.647. The van der Waals surface area contributed by atoms with Crippen LogP contribution >= 0.6 is 0 Å². The van der Waals surface area contributed by atoms with Crippen LogP contribution in [0.25, 0.3) is 10.9 Å². The summed E-state index contributed by atoms with van der Waals surface area (Å²) in [5, 5.41) is 8.05. The number of nitrogens with one attached hydrogen (secondary N) is 3. The van der Waals surface area contributed by atoms with E-state index in [4.69, 9.17) is 0 Å². The molecule has 0 aliphatic heterocycles. The first kappa shape index (κ1) is 18.0. The summed E-state index contributed by atoms with van der Waals surface area (Å²) < 4.78 is 2.08. The smallest absolute Gasteiger partial charge is 0.191 e. The van der Waals surface area contributed by atoms with Crippen LogP contribution in [0.4, 0.5) is 0 Å². The molecule has 3 aromatic rings. The summed E-state index contributed by atoms with van der Waals surface area (Å²) in [6.45, 7) is 7.66. The number of aryl methyl sites for hydroxylation is 2. The number of imidazole rings is 1. The van der Waals surface area contributed by atoms with Crippen LogP contribution in [-0.4, -0.2) is 40.1 Å². The van der Waals surface area contributed by atoms with E-state index < -0.39 is 0 Å². The molecule has 6 heteroatoms. The molecule has 0 saturated carbocycles. The van der Waals surface area contributed by atoms with Crippen molar-refractivity contribution in [3.05, 3.63) is 54.2 Å². The minimum atomic E-state index is 0.792. The van der Waals surface area contributed by atoms with Gasteiger partial charge < -0.3 is 20.2 Å². The van der Waals surface area contributed by atoms with Crippen molar-refractivity contribution >= 4 is 16.9 Å². The maximum Gasteiger partial charge on any atom is 0.191 e. The third-order valence-corrected chi connectivity index (χ3v) is 4.36.